The van der Waals surface area contributed by atoms with E-state index in [-0.39, 0.29) is 10.8 Å². The number of hydrogen-bond acceptors (Lipinski definition) is 3. The Hall–Kier alpha value is -0.430. The van der Waals surface area contributed by atoms with Gasteiger partial charge < -0.3 is 4.55 Å². The second-order valence-corrected chi connectivity index (χ2v) is 8.29. The summed E-state index contributed by atoms with van der Waals surface area (Å²) >= 11 is 2.09. The number of halogens is 2. The zero-order valence-corrected chi connectivity index (χ0v) is 14.4. The Morgan fingerprint density at radius 3 is 2.75 bits per heavy atom. The minimum Gasteiger partial charge on any atom is -0.598 e. The Bertz CT molecular complexity index is 465. The monoisotopic (exact) mass is 362 g/mol. The number of rotatable bonds is 6. The van der Waals surface area contributed by atoms with Crippen molar-refractivity contribution < 1.29 is 8.94 Å². The number of pyridine rings is 1. The summed E-state index contributed by atoms with van der Waals surface area (Å²) in [5.41, 5.74) is 0.658. The largest absolute Gasteiger partial charge is 0.598 e. The maximum atomic E-state index is 13.1. The van der Waals surface area contributed by atoms with Gasteiger partial charge in [-0.2, -0.15) is 0 Å². The van der Waals surface area contributed by atoms with Gasteiger partial charge in [-0.15, -0.1) is 11.3 Å². The third-order valence-electron chi connectivity index (χ3n) is 2.63. The molecule has 6 heteroatoms. The van der Waals surface area contributed by atoms with Crippen molar-refractivity contribution in [3.05, 3.63) is 40.9 Å². The first-order valence-corrected chi connectivity index (χ1v) is 8.30. The molecule has 2 atom stereocenters. The molecule has 1 N–H and O–H groups in total. The Labute approximate surface area is 131 Å². The maximum Gasteiger partial charge on any atom is 0.142 e. The molecule has 0 saturated heterocycles. The molecule has 0 bridgehead atoms. The quantitative estimate of drug-likeness (QED) is 0.613. The van der Waals surface area contributed by atoms with Gasteiger partial charge in [0.15, 0.2) is 0 Å². The second-order valence-electron chi connectivity index (χ2n) is 5.44. The molecule has 3 nitrogen and oxygen atoms in total. The van der Waals surface area contributed by atoms with E-state index in [0.717, 1.165) is 6.42 Å². The van der Waals surface area contributed by atoms with Crippen LogP contribution in [0.5, 0.6) is 0 Å². The summed E-state index contributed by atoms with van der Waals surface area (Å²) in [4.78, 5) is 4.11. The van der Waals surface area contributed by atoms with Crippen molar-refractivity contribution in [2.24, 2.45) is 0 Å². The van der Waals surface area contributed by atoms with Gasteiger partial charge in [-0.05, 0) is 55.6 Å². The fraction of sp³-hybridized carbons (Fsp3) is 0.500. The Kier molecular flexibility index (Phi) is 6.64. The zero-order valence-electron chi connectivity index (χ0n) is 12.0. The SMILES string of the molecule is C=CCC[C@H](N[S+]([O-])C(C)(C)C)c1ncc(F)cc1Br. The second kappa shape index (κ2) is 7.54. The molecule has 0 aromatic carbocycles. The number of nitrogens with zero attached hydrogens (tertiary/aromatic N) is 1. The molecule has 0 amide bonds. The molecule has 0 aliphatic heterocycles. The lowest BCUT2D eigenvalue weighted by molar-refractivity contribution is 0.506. The first-order valence-electron chi connectivity index (χ1n) is 6.35. The van der Waals surface area contributed by atoms with E-state index in [9.17, 15) is 8.94 Å². The van der Waals surface area contributed by atoms with Crippen molar-refractivity contribution in [2.75, 3.05) is 0 Å². The van der Waals surface area contributed by atoms with Gasteiger partial charge in [0, 0.05) is 15.8 Å². The number of allylic oxidation sites excluding steroid dienone is 1. The van der Waals surface area contributed by atoms with Crippen LogP contribution in [0.25, 0.3) is 0 Å². The fourth-order valence-corrected chi connectivity index (χ4v) is 2.96. The minimum absolute atomic E-state index is 0.219. The van der Waals surface area contributed by atoms with Crippen molar-refractivity contribution >= 4 is 27.3 Å². The van der Waals surface area contributed by atoms with Gasteiger partial charge in [0.25, 0.3) is 0 Å². The summed E-state index contributed by atoms with van der Waals surface area (Å²) < 4.78 is 28.6. The van der Waals surface area contributed by atoms with E-state index < -0.39 is 17.2 Å². The van der Waals surface area contributed by atoms with E-state index in [1.54, 1.807) is 6.08 Å². The van der Waals surface area contributed by atoms with Gasteiger partial charge in [0.1, 0.15) is 10.6 Å². The molecular formula is C14H20BrFN2OS. The number of nitrogens with one attached hydrogen (secondary N) is 1. The molecule has 1 heterocycles. The molecule has 0 saturated carbocycles. The first-order chi connectivity index (χ1) is 9.25. The number of aromatic nitrogens is 1. The summed E-state index contributed by atoms with van der Waals surface area (Å²) in [5.74, 6) is -0.403. The average molecular weight is 363 g/mol. The third-order valence-corrected chi connectivity index (χ3v) is 4.88. The highest BCUT2D eigenvalue weighted by Gasteiger charge is 2.30. The van der Waals surface area contributed by atoms with Crippen LogP contribution in [-0.4, -0.2) is 14.3 Å². The van der Waals surface area contributed by atoms with Gasteiger partial charge >= 0.3 is 0 Å². The van der Waals surface area contributed by atoms with Gasteiger partial charge in [-0.3, -0.25) is 4.98 Å². The zero-order chi connectivity index (χ0) is 15.3. The van der Waals surface area contributed by atoms with E-state index in [2.05, 4.69) is 32.2 Å². The van der Waals surface area contributed by atoms with Gasteiger partial charge in [0.05, 0.1) is 17.9 Å². The Balaban J connectivity index is 2.96. The number of hydrogen-bond donors (Lipinski definition) is 1. The average Bonchev–Trinajstić information content (AvgIpc) is 2.33. The van der Waals surface area contributed by atoms with Crippen molar-refractivity contribution in [2.45, 2.75) is 44.4 Å². The van der Waals surface area contributed by atoms with Gasteiger partial charge in [-0.25, -0.2) is 4.39 Å². The standard InChI is InChI=1S/C14H20BrFN2OS/c1-5-6-7-12(18-20(19)14(2,3)4)13-11(15)8-10(16)9-17-13/h5,8-9,12,18H,1,6-7H2,2-4H3/t12-,20?/m0/s1. The summed E-state index contributed by atoms with van der Waals surface area (Å²) in [6, 6.07) is 1.15. The van der Waals surface area contributed by atoms with Crippen LogP contribution < -0.4 is 4.72 Å². The highest BCUT2D eigenvalue weighted by atomic mass is 79.9. The molecule has 0 aliphatic rings. The van der Waals surface area contributed by atoms with E-state index in [1.807, 2.05) is 20.8 Å². The lowest BCUT2D eigenvalue weighted by Crippen LogP contribution is -2.41. The normalized spacial score (nSPS) is 14.9. The molecule has 1 aromatic heterocycles. The highest BCUT2D eigenvalue weighted by Crippen LogP contribution is 2.28. The summed E-state index contributed by atoms with van der Waals surface area (Å²) in [7, 11) is 0. The first kappa shape index (κ1) is 17.6. The van der Waals surface area contributed by atoms with E-state index in [4.69, 9.17) is 0 Å². The topological polar surface area (TPSA) is 48.0 Å². The van der Waals surface area contributed by atoms with E-state index in [0.29, 0.717) is 16.6 Å². The van der Waals surface area contributed by atoms with Crippen LogP contribution in [0.15, 0.2) is 29.4 Å². The minimum atomic E-state index is -1.22. The summed E-state index contributed by atoms with van der Waals surface area (Å²) in [6.45, 7) is 9.38. The van der Waals surface area contributed by atoms with Gasteiger partial charge in [0.2, 0.25) is 0 Å². The van der Waals surface area contributed by atoms with Crippen molar-refractivity contribution in [1.29, 1.82) is 0 Å². The lowest BCUT2D eigenvalue weighted by Gasteiger charge is -2.28. The van der Waals surface area contributed by atoms with Crippen LogP contribution in [0.2, 0.25) is 0 Å². The molecule has 1 unspecified atom stereocenters. The van der Waals surface area contributed by atoms with Gasteiger partial charge in [-0.1, -0.05) is 6.08 Å². The van der Waals surface area contributed by atoms with E-state index in [1.165, 1.54) is 12.3 Å². The molecule has 0 fully saturated rings. The Morgan fingerprint density at radius 1 is 1.60 bits per heavy atom. The smallest absolute Gasteiger partial charge is 0.142 e. The highest BCUT2D eigenvalue weighted by molar-refractivity contribution is 9.10. The third kappa shape index (κ3) is 5.16. The molecule has 0 spiro atoms. The molecule has 112 valence electrons. The lowest BCUT2D eigenvalue weighted by atomic mass is 10.1. The van der Waals surface area contributed by atoms with Crippen molar-refractivity contribution in [3.8, 4) is 0 Å². The molecule has 1 rings (SSSR count). The Morgan fingerprint density at radius 2 is 2.25 bits per heavy atom. The summed E-state index contributed by atoms with van der Waals surface area (Å²) in [5, 5.41) is 0. The molecular weight excluding hydrogens is 343 g/mol. The molecule has 0 radical (unpaired) electrons. The maximum absolute atomic E-state index is 13.1. The van der Waals surface area contributed by atoms with Crippen molar-refractivity contribution in [3.63, 3.8) is 0 Å². The molecule has 1 aromatic rings. The predicted octanol–water partition coefficient (Wildman–Crippen LogP) is 4.04. The molecule has 20 heavy (non-hydrogen) atoms. The fourth-order valence-electron chi connectivity index (χ4n) is 1.52. The molecule has 0 aliphatic carbocycles. The predicted molar refractivity (Wildman–Crippen MR) is 85.1 cm³/mol. The summed E-state index contributed by atoms with van der Waals surface area (Å²) in [6.07, 6.45) is 4.42. The van der Waals surface area contributed by atoms with Crippen LogP contribution in [0.1, 0.15) is 45.3 Å². The van der Waals surface area contributed by atoms with Crippen LogP contribution in [-0.2, 0) is 11.4 Å². The van der Waals surface area contributed by atoms with Crippen LogP contribution in [0.4, 0.5) is 4.39 Å². The van der Waals surface area contributed by atoms with E-state index >= 15 is 0 Å². The van der Waals surface area contributed by atoms with Crippen LogP contribution >= 0.6 is 15.9 Å². The van der Waals surface area contributed by atoms with Crippen LogP contribution in [0, 0.1) is 5.82 Å². The van der Waals surface area contributed by atoms with Crippen molar-refractivity contribution in [1.82, 2.24) is 9.71 Å². The van der Waals surface area contributed by atoms with Crippen LogP contribution in [0.3, 0.4) is 0 Å².